The van der Waals surface area contributed by atoms with E-state index in [4.69, 9.17) is 11.6 Å². The van der Waals surface area contributed by atoms with Gasteiger partial charge in [0.25, 0.3) is 0 Å². The second-order valence-electron chi connectivity index (χ2n) is 4.90. The van der Waals surface area contributed by atoms with Crippen LogP contribution in [-0.2, 0) is 11.3 Å². The summed E-state index contributed by atoms with van der Waals surface area (Å²) in [6.45, 7) is 1.06. The van der Waals surface area contributed by atoms with Crippen molar-refractivity contribution >= 4 is 17.5 Å². The van der Waals surface area contributed by atoms with Crippen molar-refractivity contribution in [3.8, 4) is 0 Å². The van der Waals surface area contributed by atoms with Crippen molar-refractivity contribution in [1.82, 2.24) is 10.2 Å². The van der Waals surface area contributed by atoms with Crippen LogP contribution < -0.4 is 5.32 Å². The van der Waals surface area contributed by atoms with Gasteiger partial charge in [-0.2, -0.15) is 0 Å². The molecule has 3 nitrogen and oxygen atoms in total. The highest BCUT2D eigenvalue weighted by molar-refractivity contribution is 6.31. The molecule has 0 aromatic heterocycles. The Morgan fingerprint density at radius 2 is 2.32 bits per heavy atom. The van der Waals surface area contributed by atoms with E-state index in [1.54, 1.807) is 19.2 Å². The fourth-order valence-electron chi connectivity index (χ4n) is 2.33. The molecule has 1 aromatic carbocycles. The Hall–Kier alpha value is -1.13. The van der Waals surface area contributed by atoms with Gasteiger partial charge >= 0.3 is 0 Å². The minimum Gasteiger partial charge on any atom is -0.340 e. The summed E-state index contributed by atoms with van der Waals surface area (Å²) in [6, 6.07) is 4.41. The molecular formula is C14H18ClFN2O. The molecule has 1 N–H and O–H groups in total. The summed E-state index contributed by atoms with van der Waals surface area (Å²) < 4.78 is 13.7. The topological polar surface area (TPSA) is 32.3 Å². The van der Waals surface area contributed by atoms with Gasteiger partial charge in [-0.3, -0.25) is 4.79 Å². The first kappa shape index (κ1) is 14.3. The molecule has 104 valence electrons. The zero-order chi connectivity index (χ0) is 13.8. The van der Waals surface area contributed by atoms with Crippen molar-refractivity contribution < 1.29 is 9.18 Å². The number of hydrogen-bond donors (Lipinski definition) is 1. The third kappa shape index (κ3) is 3.45. The number of benzene rings is 1. The van der Waals surface area contributed by atoms with Crippen LogP contribution in [0.25, 0.3) is 0 Å². The molecule has 1 saturated heterocycles. The van der Waals surface area contributed by atoms with Gasteiger partial charge in [0.2, 0.25) is 5.91 Å². The maximum Gasteiger partial charge on any atom is 0.239 e. The molecule has 0 saturated carbocycles. The number of hydrogen-bond acceptors (Lipinski definition) is 2. The smallest absolute Gasteiger partial charge is 0.239 e. The molecule has 2 rings (SSSR count). The van der Waals surface area contributed by atoms with Crippen molar-refractivity contribution in [3.05, 3.63) is 34.6 Å². The molecule has 1 aromatic rings. The Balaban J connectivity index is 2.03. The Labute approximate surface area is 117 Å². The number of likely N-dealkylation sites (N-methyl/N-ethyl adjacent to an activating group) is 1. The summed E-state index contributed by atoms with van der Waals surface area (Å²) in [7, 11) is 1.68. The lowest BCUT2D eigenvalue weighted by atomic mass is 10.0. The van der Waals surface area contributed by atoms with Crippen molar-refractivity contribution in [1.29, 1.82) is 0 Å². The zero-order valence-corrected chi connectivity index (χ0v) is 11.7. The van der Waals surface area contributed by atoms with Crippen LogP contribution in [0.1, 0.15) is 24.8 Å². The van der Waals surface area contributed by atoms with Gasteiger partial charge in [-0.25, -0.2) is 4.39 Å². The molecule has 5 heteroatoms. The SMILES string of the molecule is CN(Cc1c(F)cccc1Cl)C(=O)[C@@H]1CCCCN1. The highest BCUT2D eigenvalue weighted by atomic mass is 35.5. The average molecular weight is 285 g/mol. The number of nitrogens with zero attached hydrogens (tertiary/aromatic N) is 1. The predicted octanol–water partition coefficient (Wildman–Crippen LogP) is 2.58. The lowest BCUT2D eigenvalue weighted by Crippen LogP contribution is -2.47. The van der Waals surface area contributed by atoms with E-state index in [-0.39, 0.29) is 24.3 Å². The number of halogens is 2. The van der Waals surface area contributed by atoms with Gasteiger partial charge in [0.1, 0.15) is 5.82 Å². The van der Waals surface area contributed by atoms with E-state index in [2.05, 4.69) is 5.32 Å². The second-order valence-corrected chi connectivity index (χ2v) is 5.30. The Kier molecular flexibility index (Phi) is 4.77. The number of carbonyl (C=O) groups is 1. The van der Waals surface area contributed by atoms with Crippen LogP contribution in [0.15, 0.2) is 18.2 Å². The standard InChI is InChI=1S/C14H18ClFN2O/c1-18(14(19)13-7-2-3-8-17-13)9-10-11(15)5-4-6-12(10)16/h4-6,13,17H,2-3,7-9H2,1H3/t13-/m0/s1. The van der Waals surface area contributed by atoms with E-state index in [0.717, 1.165) is 25.8 Å². The molecule has 0 aliphatic carbocycles. The van der Waals surface area contributed by atoms with Crippen molar-refractivity contribution in [2.45, 2.75) is 31.8 Å². The van der Waals surface area contributed by atoms with Crippen molar-refractivity contribution in [2.24, 2.45) is 0 Å². The summed E-state index contributed by atoms with van der Waals surface area (Å²) in [5.41, 5.74) is 0.371. The Bertz CT molecular complexity index is 441. The average Bonchev–Trinajstić information content (AvgIpc) is 2.43. The van der Waals surface area contributed by atoms with Crippen molar-refractivity contribution in [2.75, 3.05) is 13.6 Å². The third-order valence-electron chi connectivity index (χ3n) is 3.44. The van der Waals surface area contributed by atoms with Gasteiger partial charge in [-0.1, -0.05) is 24.1 Å². The van der Waals surface area contributed by atoms with E-state index >= 15 is 0 Å². The third-order valence-corrected chi connectivity index (χ3v) is 3.80. The molecular weight excluding hydrogens is 267 g/mol. The lowest BCUT2D eigenvalue weighted by Gasteiger charge is -2.27. The molecule has 0 radical (unpaired) electrons. The maximum absolute atomic E-state index is 13.7. The number of carbonyl (C=O) groups excluding carboxylic acids is 1. The molecule has 0 unspecified atom stereocenters. The van der Waals surface area contributed by atoms with Gasteiger partial charge in [-0.05, 0) is 31.5 Å². The fourth-order valence-corrected chi connectivity index (χ4v) is 2.55. The zero-order valence-electron chi connectivity index (χ0n) is 11.0. The lowest BCUT2D eigenvalue weighted by molar-refractivity contribution is -0.133. The number of amides is 1. The second kappa shape index (κ2) is 6.35. The monoisotopic (exact) mass is 284 g/mol. The number of rotatable bonds is 3. The first-order chi connectivity index (χ1) is 9.09. The van der Waals surface area contributed by atoms with Crippen LogP contribution in [0.3, 0.4) is 0 Å². The summed E-state index contributed by atoms with van der Waals surface area (Å²) in [6.07, 6.45) is 3.00. The van der Waals surface area contributed by atoms with Crippen LogP contribution in [0.2, 0.25) is 5.02 Å². The summed E-state index contributed by atoms with van der Waals surface area (Å²) >= 11 is 5.97. The molecule has 1 heterocycles. The fraction of sp³-hybridized carbons (Fsp3) is 0.500. The first-order valence-corrected chi connectivity index (χ1v) is 6.88. The Morgan fingerprint density at radius 3 is 2.95 bits per heavy atom. The van der Waals surface area contributed by atoms with E-state index in [1.165, 1.54) is 11.0 Å². The van der Waals surface area contributed by atoms with E-state index in [0.29, 0.717) is 10.6 Å². The van der Waals surface area contributed by atoms with Gasteiger partial charge in [0.15, 0.2) is 0 Å². The van der Waals surface area contributed by atoms with Crippen LogP contribution >= 0.6 is 11.6 Å². The molecule has 1 amide bonds. The van der Waals surface area contributed by atoms with Gasteiger partial charge in [-0.15, -0.1) is 0 Å². The molecule has 0 spiro atoms. The highest BCUT2D eigenvalue weighted by Gasteiger charge is 2.24. The van der Waals surface area contributed by atoms with Crippen molar-refractivity contribution in [3.63, 3.8) is 0 Å². The normalized spacial score (nSPS) is 19.2. The molecule has 1 fully saturated rings. The molecule has 1 atom stereocenters. The highest BCUT2D eigenvalue weighted by Crippen LogP contribution is 2.21. The quantitative estimate of drug-likeness (QED) is 0.925. The first-order valence-electron chi connectivity index (χ1n) is 6.51. The Morgan fingerprint density at radius 1 is 1.53 bits per heavy atom. The van der Waals surface area contributed by atoms with Crippen LogP contribution in [0, 0.1) is 5.82 Å². The number of nitrogens with one attached hydrogen (secondary N) is 1. The van der Waals surface area contributed by atoms with Gasteiger partial charge in [0, 0.05) is 24.2 Å². The van der Waals surface area contributed by atoms with Gasteiger partial charge in [0.05, 0.1) is 6.04 Å². The largest absolute Gasteiger partial charge is 0.340 e. The summed E-state index contributed by atoms with van der Waals surface area (Å²) in [5.74, 6) is -0.372. The molecule has 1 aliphatic heterocycles. The minimum absolute atomic E-state index is 0.000908. The van der Waals surface area contributed by atoms with E-state index in [1.807, 2.05) is 0 Å². The van der Waals surface area contributed by atoms with E-state index in [9.17, 15) is 9.18 Å². The predicted molar refractivity (Wildman–Crippen MR) is 73.5 cm³/mol. The number of piperidine rings is 1. The summed E-state index contributed by atoms with van der Waals surface area (Å²) in [4.78, 5) is 13.8. The van der Waals surface area contributed by atoms with Crippen LogP contribution in [0.4, 0.5) is 4.39 Å². The molecule has 0 bridgehead atoms. The molecule has 19 heavy (non-hydrogen) atoms. The summed E-state index contributed by atoms with van der Waals surface area (Å²) in [5, 5.41) is 3.55. The maximum atomic E-state index is 13.7. The van der Waals surface area contributed by atoms with Crippen LogP contribution in [-0.4, -0.2) is 30.4 Å². The molecule has 1 aliphatic rings. The minimum atomic E-state index is -0.372. The van der Waals surface area contributed by atoms with E-state index < -0.39 is 0 Å². The van der Waals surface area contributed by atoms with Crippen LogP contribution in [0.5, 0.6) is 0 Å². The van der Waals surface area contributed by atoms with Gasteiger partial charge < -0.3 is 10.2 Å².